The smallest absolute Gasteiger partial charge is 0.221 e. The molecule has 0 unspecified atom stereocenters. The molecule has 0 fully saturated rings. The van der Waals surface area contributed by atoms with Gasteiger partial charge in [-0.3, -0.25) is 4.79 Å². The summed E-state index contributed by atoms with van der Waals surface area (Å²) in [7, 11) is 0. The van der Waals surface area contributed by atoms with Crippen LogP contribution in [0, 0.1) is 0 Å². The Kier molecular flexibility index (Phi) is 5.60. The number of benzene rings is 1. The molecule has 1 N–H and O–H groups in total. The molecule has 0 radical (unpaired) electrons. The first-order chi connectivity index (χ1) is 6.00. The van der Waals surface area contributed by atoms with Crippen LogP contribution < -0.4 is 5.32 Å². The third-order valence-corrected chi connectivity index (χ3v) is 2.50. The number of nitrogens with one attached hydrogen (secondary N) is 1. The minimum Gasteiger partial charge on any atom is -0.326 e. The fourth-order valence-corrected chi connectivity index (χ4v) is 1.43. The minimum absolute atomic E-state index is 0. The lowest BCUT2D eigenvalue weighted by molar-refractivity contribution is -0.114. The Morgan fingerprint density at radius 1 is 1.21 bits per heavy atom. The van der Waals surface area contributed by atoms with Crippen molar-refractivity contribution >= 4 is 58.8 Å². The third-order valence-electron chi connectivity index (χ3n) is 1.30. The van der Waals surface area contributed by atoms with Crippen molar-refractivity contribution in [3.63, 3.8) is 0 Å². The molecule has 0 spiro atoms. The van der Waals surface area contributed by atoms with Gasteiger partial charge >= 0.3 is 0 Å². The van der Waals surface area contributed by atoms with Crippen LogP contribution in [0.5, 0.6) is 0 Å². The standard InChI is InChI=1S/C8H6Cl3NO.ClH/c1-4(13)12-5-2-6(9)8(11)7(10)3-5;/h2-3H,1H3,(H,12,13);1H. The van der Waals surface area contributed by atoms with Crippen LogP contribution in [0.3, 0.4) is 0 Å². The Bertz CT molecular complexity index is 330. The van der Waals surface area contributed by atoms with Crippen LogP contribution in [0.1, 0.15) is 6.92 Å². The molecule has 1 rings (SSSR count). The molecule has 0 bridgehead atoms. The first-order valence-electron chi connectivity index (χ1n) is 3.43. The molecule has 78 valence electrons. The van der Waals surface area contributed by atoms with Crippen molar-refractivity contribution in [2.24, 2.45) is 0 Å². The van der Waals surface area contributed by atoms with Gasteiger partial charge in [0.25, 0.3) is 0 Å². The van der Waals surface area contributed by atoms with E-state index in [0.717, 1.165) is 0 Å². The second-order valence-corrected chi connectivity index (χ2v) is 3.63. The summed E-state index contributed by atoms with van der Waals surface area (Å²) in [6, 6.07) is 3.08. The molecule has 1 aromatic rings. The van der Waals surface area contributed by atoms with E-state index in [1.807, 2.05) is 0 Å². The number of anilines is 1. The number of hydrogen-bond donors (Lipinski definition) is 1. The summed E-state index contributed by atoms with van der Waals surface area (Å²) in [5.41, 5.74) is 0.534. The number of carbonyl (C=O) groups excluding carboxylic acids is 1. The molecule has 0 aromatic heterocycles. The highest BCUT2D eigenvalue weighted by atomic mass is 35.5. The quantitative estimate of drug-likeness (QED) is 0.770. The monoisotopic (exact) mass is 273 g/mol. The third kappa shape index (κ3) is 3.54. The van der Waals surface area contributed by atoms with E-state index >= 15 is 0 Å². The number of rotatable bonds is 1. The van der Waals surface area contributed by atoms with Gasteiger partial charge in [0.05, 0.1) is 15.1 Å². The largest absolute Gasteiger partial charge is 0.326 e. The SMILES string of the molecule is CC(=O)Nc1cc(Cl)c(Cl)c(Cl)c1.Cl. The summed E-state index contributed by atoms with van der Waals surface area (Å²) in [4.78, 5) is 10.7. The van der Waals surface area contributed by atoms with Gasteiger partial charge in [0.1, 0.15) is 0 Å². The topological polar surface area (TPSA) is 29.1 Å². The van der Waals surface area contributed by atoms with Gasteiger partial charge in [-0.2, -0.15) is 0 Å². The van der Waals surface area contributed by atoms with Crippen molar-refractivity contribution in [1.82, 2.24) is 0 Å². The summed E-state index contributed by atoms with van der Waals surface area (Å²) in [5, 5.41) is 3.47. The van der Waals surface area contributed by atoms with E-state index in [4.69, 9.17) is 34.8 Å². The van der Waals surface area contributed by atoms with E-state index in [0.29, 0.717) is 15.7 Å². The van der Waals surface area contributed by atoms with Crippen LogP contribution in [0.25, 0.3) is 0 Å². The van der Waals surface area contributed by atoms with Crippen LogP contribution >= 0.6 is 47.2 Å². The molecular formula is C8H7Cl4NO. The highest BCUT2D eigenvalue weighted by Gasteiger charge is 2.06. The molecule has 2 nitrogen and oxygen atoms in total. The van der Waals surface area contributed by atoms with Crippen LogP contribution in [-0.4, -0.2) is 5.91 Å². The van der Waals surface area contributed by atoms with Gasteiger partial charge in [-0.05, 0) is 12.1 Å². The van der Waals surface area contributed by atoms with Crippen LogP contribution in [0.2, 0.25) is 15.1 Å². The van der Waals surface area contributed by atoms with Crippen molar-refractivity contribution in [2.45, 2.75) is 6.92 Å². The van der Waals surface area contributed by atoms with E-state index in [1.165, 1.54) is 19.1 Å². The fraction of sp³-hybridized carbons (Fsp3) is 0.125. The zero-order valence-electron chi connectivity index (χ0n) is 7.11. The Labute approximate surface area is 103 Å². The molecule has 0 saturated carbocycles. The number of carbonyl (C=O) groups is 1. The Morgan fingerprint density at radius 3 is 2.00 bits per heavy atom. The Morgan fingerprint density at radius 2 is 1.64 bits per heavy atom. The molecular weight excluding hydrogens is 268 g/mol. The molecule has 0 aliphatic carbocycles. The van der Waals surface area contributed by atoms with E-state index in [9.17, 15) is 4.79 Å². The van der Waals surface area contributed by atoms with Crippen molar-refractivity contribution in [2.75, 3.05) is 5.32 Å². The molecule has 0 aliphatic rings. The van der Waals surface area contributed by atoms with E-state index < -0.39 is 0 Å². The normalized spacial score (nSPS) is 9.14. The molecule has 0 saturated heterocycles. The zero-order chi connectivity index (χ0) is 10.0. The maximum Gasteiger partial charge on any atom is 0.221 e. The van der Waals surface area contributed by atoms with Gasteiger partial charge in [-0.15, -0.1) is 12.4 Å². The van der Waals surface area contributed by atoms with Crippen LogP contribution in [0.15, 0.2) is 12.1 Å². The minimum atomic E-state index is -0.186. The van der Waals surface area contributed by atoms with Gasteiger partial charge in [0, 0.05) is 12.6 Å². The molecule has 14 heavy (non-hydrogen) atoms. The number of halogens is 4. The van der Waals surface area contributed by atoms with Gasteiger partial charge in [0.2, 0.25) is 5.91 Å². The second kappa shape index (κ2) is 5.66. The Hall–Kier alpha value is -0.150. The van der Waals surface area contributed by atoms with Gasteiger partial charge in [0.15, 0.2) is 0 Å². The zero-order valence-corrected chi connectivity index (χ0v) is 10.2. The summed E-state index contributed by atoms with van der Waals surface area (Å²) >= 11 is 17.2. The average molecular weight is 275 g/mol. The van der Waals surface area contributed by atoms with Crippen molar-refractivity contribution < 1.29 is 4.79 Å². The first-order valence-corrected chi connectivity index (χ1v) is 4.56. The predicted molar refractivity (Wildman–Crippen MR) is 63.0 cm³/mol. The molecule has 1 aromatic carbocycles. The maximum absolute atomic E-state index is 10.7. The van der Waals surface area contributed by atoms with Gasteiger partial charge < -0.3 is 5.32 Å². The summed E-state index contributed by atoms with van der Waals surface area (Å²) in [6.45, 7) is 1.40. The molecule has 1 amide bonds. The number of hydrogen-bond acceptors (Lipinski definition) is 1. The summed E-state index contributed by atoms with van der Waals surface area (Å²) < 4.78 is 0. The van der Waals surface area contributed by atoms with Crippen LogP contribution in [0.4, 0.5) is 5.69 Å². The fourth-order valence-electron chi connectivity index (χ4n) is 0.831. The molecule has 0 atom stereocenters. The van der Waals surface area contributed by atoms with Crippen molar-refractivity contribution in [1.29, 1.82) is 0 Å². The highest BCUT2D eigenvalue weighted by molar-refractivity contribution is 6.48. The second-order valence-electron chi connectivity index (χ2n) is 2.44. The van der Waals surface area contributed by atoms with Crippen molar-refractivity contribution in [3.05, 3.63) is 27.2 Å². The van der Waals surface area contributed by atoms with Gasteiger partial charge in [-0.1, -0.05) is 34.8 Å². The van der Waals surface area contributed by atoms with E-state index in [1.54, 1.807) is 0 Å². The maximum atomic E-state index is 10.7. The van der Waals surface area contributed by atoms with Crippen LogP contribution in [-0.2, 0) is 4.79 Å². The van der Waals surface area contributed by atoms with Crippen molar-refractivity contribution in [3.8, 4) is 0 Å². The summed E-state index contributed by atoms with van der Waals surface area (Å²) in [5.74, 6) is -0.186. The lowest BCUT2D eigenvalue weighted by Gasteiger charge is -2.05. The molecule has 0 aliphatic heterocycles. The predicted octanol–water partition coefficient (Wildman–Crippen LogP) is 4.03. The average Bonchev–Trinajstić information content (AvgIpc) is 1.98. The summed E-state index contributed by atoms with van der Waals surface area (Å²) in [6.07, 6.45) is 0. The first kappa shape index (κ1) is 13.8. The number of amides is 1. The Balaban J connectivity index is 0.00000169. The van der Waals surface area contributed by atoms with E-state index in [2.05, 4.69) is 5.32 Å². The molecule has 6 heteroatoms. The molecule has 0 heterocycles. The van der Waals surface area contributed by atoms with E-state index in [-0.39, 0.29) is 23.3 Å². The lowest BCUT2D eigenvalue weighted by Crippen LogP contribution is -2.05. The lowest BCUT2D eigenvalue weighted by atomic mass is 10.3. The van der Waals surface area contributed by atoms with Gasteiger partial charge in [-0.25, -0.2) is 0 Å². The highest BCUT2D eigenvalue weighted by Crippen LogP contribution is 2.32.